The minimum atomic E-state index is -0.674. The fraction of sp³-hybridized carbons (Fsp3) is 0.385. The van der Waals surface area contributed by atoms with E-state index in [0.717, 1.165) is 30.4 Å². The largest absolute Gasteiger partial charge is 0.507 e. The number of nitrogens with zero attached hydrogens (tertiary/aromatic N) is 1. The number of likely N-dealkylation sites (tertiary alicyclic amines) is 1. The molecule has 1 N–H and O–H groups in total. The van der Waals surface area contributed by atoms with Gasteiger partial charge in [-0.3, -0.25) is 9.59 Å². The lowest BCUT2D eigenvalue weighted by atomic mass is 9.94. The topological polar surface area (TPSA) is 76.1 Å². The molecular formula is C26H29NO5. The zero-order chi connectivity index (χ0) is 22.7. The number of benzene rings is 2. The maximum atomic E-state index is 13.1. The van der Waals surface area contributed by atoms with Crippen LogP contribution in [0.1, 0.15) is 49.4 Å². The Hall–Kier alpha value is -3.12. The third kappa shape index (κ3) is 4.28. The van der Waals surface area contributed by atoms with E-state index in [1.165, 1.54) is 0 Å². The number of aliphatic hydroxyl groups excluding tert-OH is 1. The molecule has 0 bridgehead atoms. The molecule has 2 saturated heterocycles. The van der Waals surface area contributed by atoms with E-state index >= 15 is 0 Å². The van der Waals surface area contributed by atoms with Crippen LogP contribution in [-0.2, 0) is 20.7 Å². The zero-order valence-electron chi connectivity index (χ0n) is 18.5. The molecule has 6 heteroatoms. The number of amides is 1. The predicted octanol–water partition coefficient (Wildman–Crippen LogP) is 4.25. The number of carbonyl (C=O) groups is 2. The molecule has 0 radical (unpaired) electrons. The van der Waals surface area contributed by atoms with Gasteiger partial charge in [0.2, 0.25) is 0 Å². The summed E-state index contributed by atoms with van der Waals surface area (Å²) < 4.78 is 11.3. The number of hydrogen-bond acceptors (Lipinski definition) is 5. The highest BCUT2D eigenvalue weighted by atomic mass is 16.5. The first-order valence-corrected chi connectivity index (χ1v) is 11.3. The average Bonchev–Trinajstić information content (AvgIpc) is 3.41. The molecule has 2 heterocycles. The quantitative estimate of drug-likeness (QED) is 0.400. The normalized spacial score (nSPS) is 22.5. The fourth-order valence-corrected chi connectivity index (χ4v) is 4.41. The van der Waals surface area contributed by atoms with Gasteiger partial charge < -0.3 is 19.5 Å². The first-order chi connectivity index (χ1) is 15.5. The van der Waals surface area contributed by atoms with Crippen LogP contribution in [0.5, 0.6) is 5.75 Å². The van der Waals surface area contributed by atoms with E-state index < -0.39 is 17.7 Å². The van der Waals surface area contributed by atoms with E-state index in [-0.39, 0.29) is 17.4 Å². The first kappa shape index (κ1) is 22.1. The molecule has 168 valence electrons. The standard InChI is InChI=1S/C26H29NO5/c1-3-17-10-12-18(13-11-17)23-22(24(28)19-7-5-8-20(15-19)31-4-2)25(29)26(30)27(23)16-21-9-6-14-32-21/h5,7-8,10-13,15,21,23,28H,3-4,6,9,14,16H2,1-2H3/b24-22-. The molecule has 2 aromatic carbocycles. The van der Waals surface area contributed by atoms with Gasteiger partial charge in [-0.2, -0.15) is 0 Å². The van der Waals surface area contributed by atoms with E-state index in [9.17, 15) is 14.7 Å². The lowest BCUT2D eigenvalue weighted by Crippen LogP contribution is -2.36. The number of hydrogen-bond donors (Lipinski definition) is 1. The van der Waals surface area contributed by atoms with Crippen LogP contribution in [0.4, 0.5) is 0 Å². The van der Waals surface area contributed by atoms with Gasteiger partial charge >= 0.3 is 0 Å². The summed E-state index contributed by atoms with van der Waals surface area (Å²) in [5, 5.41) is 11.2. The molecule has 2 aliphatic heterocycles. The Kier molecular flexibility index (Phi) is 6.61. The van der Waals surface area contributed by atoms with Crippen LogP contribution in [0, 0.1) is 0 Å². The summed E-state index contributed by atoms with van der Waals surface area (Å²) in [6.45, 7) is 5.42. The molecule has 2 aromatic rings. The molecular weight excluding hydrogens is 406 g/mol. The highest BCUT2D eigenvalue weighted by Gasteiger charge is 2.47. The average molecular weight is 436 g/mol. The maximum absolute atomic E-state index is 13.1. The van der Waals surface area contributed by atoms with Crippen LogP contribution in [0.15, 0.2) is 54.1 Å². The molecule has 0 aromatic heterocycles. The summed E-state index contributed by atoms with van der Waals surface area (Å²) in [7, 11) is 0. The van der Waals surface area contributed by atoms with E-state index in [0.29, 0.717) is 31.1 Å². The van der Waals surface area contributed by atoms with Gasteiger partial charge in [0.1, 0.15) is 11.5 Å². The van der Waals surface area contributed by atoms with Gasteiger partial charge in [0.05, 0.1) is 24.3 Å². The Bertz CT molecular complexity index is 1020. The lowest BCUT2D eigenvalue weighted by molar-refractivity contribution is -0.140. The second-order valence-electron chi connectivity index (χ2n) is 8.14. The molecule has 2 aliphatic rings. The smallest absolute Gasteiger partial charge is 0.295 e. The summed E-state index contributed by atoms with van der Waals surface area (Å²) in [6, 6.07) is 14.1. The number of ether oxygens (including phenoxy) is 2. The number of rotatable bonds is 7. The van der Waals surface area contributed by atoms with Gasteiger partial charge in [-0.05, 0) is 49.4 Å². The Balaban J connectivity index is 1.80. The van der Waals surface area contributed by atoms with Gasteiger partial charge in [-0.15, -0.1) is 0 Å². The van der Waals surface area contributed by atoms with Crippen LogP contribution in [0.3, 0.4) is 0 Å². The van der Waals surface area contributed by atoms with Gasteiger partial charge in [0.25, 0.3) is 11.7 Å². The molecule has 4 rings (SSSR count). The number of ketones is 1. The molecule has 2 atom stereocenters. The van der Waals surface area contributed by atoms with Gasteiger partial charge in [-0.1, -0.05) is 43.3 Å². The summed E-state index contributed by atoms with van der Waals surface area (Å²) in [5.41, 5.74) is 2.50. The lowest BCUT2D eigenvalue weighted by Gasteiger charge is -2.27. The maximum Gasteiger partial charge on any atom is 0.295 e. The van der Waals surface area contributed by atoms with Gasteiger partial charge in [0.15, 0.2) is 0 Å². The molecule has 0 aliphatic carbocycles. The number of carbonyl (C=O) groups excluding carboxylic acids is 2. The molecule has 2 unspecified atom stereocenters. The minimum Gasteiger partial charge on any atom is -0.507 e. The highest BCUT2D eigenvalue weighted by molar-refractivity contribution is 6.46. The molecule has 2 fully saturated rings. The summed E-state index contributed by atoms with van der Waals surface area (Å²) in [6.07, 6.45) is 2.57. The van der Waals surface area contributed by atoms with Crippen LogP contribution in [0.25, 0.3) is 5.76 Å². The van der Waals surface area contributed by atoms with Gasteiger partial charge in [-0.25, -0.2) is 0 Å². The van der Waals surface area contributed by atoms with Crippen molar-refractivity contribution in [3.8, 4) is 5.75 Å². The second-order valence-corrected chi connectivity index (χ2v) is 8.14. The van der Waals surface area contributed by atoms with Crippen LogP contribution in [-0.4, -0.2) is 47.6 Å². The fourth-order valence-electron chi connectivity index (χ4n) is 4.41. The van der Waals surface area contributed by atoms with E-state index in [4.69, 9.17) is 9.47 Å². The Morgan fingerprint density at radius 3 is 2.59 bits per heavy atom. The molecule has 6 nitrogen and oxygen atoms in total. The van der Waals surface area contributed by atoms with Crippen LogP contribution >= 0.6 is 0 Å². The monoisotopic (exact) mass is 435 g/mol. The third-order valence-electron chi connectivity index (χ3n) is 6.09. The molecule has 0 saturated carbocycles. The van der Waals surface area contributed by atoms with Crippen molar-refractivity contribution in [3.63, 3.8) is 0 Å². The van der Waals surface area contributed by atoms with Gasteiger partial charge in [0, 0.05) is 18.7 Å². The zero-order valence-corrected chi connectivity index (χ0v) is 18.5. The van der Waals surface area contributed by atoms with Crippen LogP contribution in [0.2, 0.25) is 0 Å². The molecule has 1 amide bonds. The minimum absolute atomic E-state index is 0.103. The predicted molar refractivity (Wildman–Crippen MR) is 121 cm³/mol. The third-order valence-corrected chi connectivity index (χ3v) is 6.09. The number of aryl methyl sites for hydroxylation is 1. The van der Waals surface area contributed by atoms with Crippen molar-refractivity contribution >= 4 is 17.4 Å². The number of Topliss-reactive ketones (excluding diaryl/α,β-unsaturated/α-hetero) is 1. The molecule has 0 spiro atoms. The van der Waals surface area contributed by atoms with Crippen molar-refractivity contribution in [3.05, 3.63) is 70.8 Å². The van der Waals surface area contributed by atoms with Crippen molar-refractivity contribution < 1.29 is 24.2 Å². The Labute approximate surface area is 188 Å². The van der Waals surface area contributed by atoms with Crippen LogP contribution < -0.4 is 4.74 Å². The van der Waals surface area contributed by atoms with Crippen molar-refractivity contribution in [2.75, 3.05) is 19.8 Å². The summed E-state index contributed by atoms with van der Waals surface area (Å²) in [5.74, 6) is -0.877. The Morgan fingerprint density at radius 1 is 1.16 bits per heavy atom. The van der Waals surface area contributed by atoms with E-state index in [2.05, 4.69) is 6.92 Å². The Morgan fingerprint density at radius 2 is 1.94 bits per heavy atom. The van der Waals surface area contributed by atoms with Crippen molar-refractivity contribution in [1.82, 2.24) is 4.90 Å². The first-order valence-electron chi connectivity index (χ1n) is 11.3. The molecule has 32 heavy (non-hydrogen) atoms. The highest BCUT2D eigenvalue weighted by Crippen LogP contribution is 2.40. The second kappa shape index (κ2) is 9.57. The van der Waals surface area contributed by atoms with E-state index in [1.54, 1.807) is 29.2 Å². The van der Waals surface area contributed by atoms with E-state index in [1.807, 2.05) is 31.2 Å². The summed E-state index contributed by atoms with van der Waals surface area (Å²) in [4.78, 5) is 27.8. The van der Waals surface area contributed by atoms with Crippen molar-refractivity contribution in [2.45, 2.75) is 45.3 Å². The van der Waals surface area contributed by atoms with Crippen molar-refractivity contribution in [1.29, 1.82) is 0 Å². The number of aliphatic hydroxyl groups is 1. The SMILES string of the molecule is CCOc1cccc(/C(O)=C2/C(=O)C(=O)N(CC3CCCO3)C2c2ccc(CC)cc2)c1. The summed E-state index contributed by atoms with van der Waals surface area (Å²) >= 11 is 0. The van der Waals surface area contributed by atoms with Crippen molar-refractivity contribution in [2.24, 2.45) is 0 Å².